The Morgan fingerprint density at radius 1 is 0.935 bits per heavy atom. The summed E-state index contributed by atoms with van der Waals surface area (Å²) in [4.78, 5) is 123. The number of hydrogen-bond donors (Lipinski definition) is 8. The average Bonchev–Trinajstić information content (AvgIpc) is 4.03. The number of Topliss-reactive ketones (excluding diaryl/α,β-unsaturated/α-hetero) is 2. The van der Waals surface area contributed by atoms with Crippen molar-refractivity contribution >= 4 is 58.0 Å². The molecule has 0 aliphatic carbocycles. The summed E-state index contributed by atoms with van der Waals surface area (Å²) < 4.78 is 27.4. The molecule has 6 rings (SSSR count). The Hall–Kier alpha value is -6.67. The molecule has 0 spiro atoms. The molecule has 2 aromatic heterocycles. The molecule has 1 aromatic carbocycles. The number of carbonyl (C=O) groups excluding carboxylic acids is 8. The number of aromatic nitrogens is 2. The molecule has 23 nitrogen and oxygen atoms in total. The van der Waals surface area contributed by atoms with Gasteiger partial charge in [0, 0.05) is 99.0 Å². The van der Waals surface area contributed by atoms with Crippen molar-refractivity contribution in [2.45, 2.75) is 135 Å². The highest BCUT2D eigenvalue weighted by atomic mass is 19.1. The molecule has 0 fully saturated rings. The molecule has 3 aliphatic heterocycles. The minimum absolute atomic E-state index is 0.0251. The molecule has 0 saturated carbocycles. The summed E-state index contributed by atoms with van der Waals surface area (Å²) in [5.74, 6) is -7.62. The highest BCUT2D eigenvalue weighted by Gasteiger charge is 2.46. The molecule has 24 heteroatoms. The lowest BCUT2D eigenvalue weighted by Gasteiger charge is -2.31. The van der Waals surface area contributed by atoms with Crippen LogP contribution in [0.4, 0.5) is 4.39 Å². The molecule has 418 valence electrons. The molecule has 3 aromatic rings. The van der Waals surface area contributed by atoms with Crippen LogP contribution in [0.15, 0.2) is 35.1 Å². The number of ketones is 2. The van der Waals surface area contributed by atoms with E-state index in [1.54, 1.807) is 26.0 Å². The summed E-state index contributed by atoms with van der Waals surface area (Å²) in [5.41, 5.74) is 1.12. The van der Waals surface area contributed by atoms with E-state index in [1.807, 2.05) is 0 Å². The van der Waals surface area contributed by atoms with E-state index in [0.29, 0.717) is 47.1 Å². The number of hydrogen-bond acceptors (Lipinski definition) is 18. The van der Waals surface area contributed by atoms with E-state index < -0.39 is 126 Å². The van der Waals surface area contributed by atoms with Crippen LogP contribution in [-0.2, 0) is 73.0 Å². The summed E-state index contributed by atoms with van der Waals surface area (Å²) in [6.45, 7) is 4.35. The molecule has 5 heterocycles. The molecule has 77 heavy (non-hydrogen) atoms. The highest BCUT2D eigenvalue weighted by molar-refractivity contribution is 6.13. The van der Waals surface area contributed by atoms with Crippen molar-refractivity contribution in [1.29, 1.82) is 0 Å². The van der Waals surface area contributed by atoms with E-state index in [2.05, 4.69) is 10.6 Å². The highest BCUT2D eigenvalue weighted by Crippen LogP contribution is 2.41. The summed E-state index contributed by atoms with van der Waals surface area (Å²) >= 11 is 0. The van der Waals surface area contributed by atoms with Gasteiger partial charge in [0.1, 0.15) is 49.4 Å². The summed E-state index contributed by atoms with van der Waals surface area (Å²) in [5, 5.41) is 66.3. The second kappa shape index (κ2) is 25.7. The molecule has 0 unspecified atom stereocenters. The number of benzene rings is 1. The van der Waals surface area contributed by atoms with Gasteiger partial charge in [-0.25, -0.2) is 14.2 Å². The Labute approximate surface area is 442 Å². The fraction of sp³-hybridized carbons (Fsp3) is 0.547. The third kappa shape index (κ3) is 13.5. The number of pyridine rings is 2. The number of imide groups is 1. The van der Waals surface area contributed by atoms with E-state index in [0.717, 1.165) is 33.1 Å². The number of likely N-dealkylation sites (N-methyl/N-ethyl adjacent to an activating group) is 1. The number of rotatable bonds is 28. The lowest BCUT2D eigenvalue weighted by atomic mass is 9.86. The molecule has 0 bridgehead atoms. The Kier molecular flexibility index (Phi) is 19.8. The maximum absolute atomic E-state index is 14.9. The van der Waals surface area contributed by atoms with Crippen molar-refractivity contribution in [1.82, 2.24) is 30.0 Å². The number of halogens is 1. The Balaban J connectivity index is 0.995. The van der Waals surface area contributed by atoms with Gasteiger partial charge in [-0.3, -0.25) is 43.3 Å². The van der Waals surface area contributed by atoms with Gasteiger partial charge in [-0.1, -0.05) is 13.8 Å². The molecule has 0 radical (unpaired) electrons. The third-order valence-electron chi connectivity index (χ3n) is 14.5. The second-order valence-electron chi connectivity index (χ2n) is 20.0. The van der Waals surface area contributed by atoms with Gasteiger partial charge >= 0.3 is 5.97 Å². The third-order valence-corrected chi connectivity index (χ3v) is 14.5. The molecule has 0 saturated heterocycles. The average molecular weight is 1080 g/mol. The molecular weight excluding hydrogens is 1010 g/mol. The largest absolute Gasteiger partial charge is 0.458 e. The van der Waals surface area contributed by atoms with Crippen LogP contribution in [0.1, 0.15) is 100.0 Å². The Bertz CT molecular complexity index is 2870. The lowest BCUT2D eigenvalue weighted by molar-refractivity contribution is -0.172. The van der Waals surface area contributed by atoms with E-state index in [1.165, 1.54) is 31.5 Å². The van der Waals surface area contributed by atoms with E-state index in [9.17, 15) is 73.1 Å². The summed E-state index contributed by atoms with van der Waals surface area (Å²) in [6.07, 6.45) is -5.42. The van der Waals surface area contributed by atoms with E-state index >= 15 is 0 Å². The number of ether oxygens (including phenoxy) is 2. The maximum Gasteiger partial charge on any atom is 0.343 e. The Morgan fingerprint density at radius 3 is 2.30 bits per heavy atom. The Morgan fingerprint density at radius 2 is 1.62 bits per heavy atom. The number of aryl methyl sites for hydroxylation is 2. The zero-order valence-corrected chi connectivity index (χ0v) is 43.6. The second-order valence-corrected chi connectivity index (χ2v) is 20.0. The van der Waals surface area contributed by atoms with Crippen molar-refractivity contribution < 1.29 is 82.9 Å². The van der Waals surface area contributed by atoms with E-state index in [4.69, 9.17) is 19.6 Å². The fourth-order valence-electron chi connectivity index (χ4n) is 9.57. The first-order valence-electron chi connectivity index (χ1n) is 25.5. The van der Waals surface area contributed by atoms with Crippen LogP contribution in [0, 0.1) is 24.6 Å². The summed E-state index contributed by atoms with van der Waals surface area (Å²) in [6, 6.07) is 3.50. The predicted molar refractivity (Wildman–Crippen MR) is 269 cm³/mol. The quantitative estimate of drug-likeness (QED) is 0.0155. The van der Waals surface area contributed by atoms with Crippen molar-refractivity contribution in [3.63, 3.8) is 0 Å². The zero-order chi connectivity index (χ0) is 56.6. The smallest absolute Gasteiger partial charge is 0.343 e. The fourth-order valence-corrected chi connectivity index (χ4v) is 9.57. The van der Waals surface area contributed by atoms with Crippen molar-refractivity contribution in [3.05, 3.63) is 74.3 Å². The lowest BCUT2D eigenvalue weighted by Crippen LogP contribution is -2.50. The normalized spacial score (nSPS) is 18.4. The van der Waals surface area contributed by atoms with Gasteiger partial charge in [0.05, 0.1) is 41.7 Å². The van der Waals surface area contributed by atoms with Gasteiger partial charge in [-0.2, -0.15) is 0 Å². The summed E-state index contributed by atoms with van der Waals surface area (Å²) in [7, 11) is 1.26. The van der Waals surface area contributed by atoms with Gasteiger partial charge in [-0.15, -0.1) is 0 Å². The van der Waals surface area contributed by atoms with Crippen molar-refractivity contribution in [2.75, 3.05) is 40.1 Å². The van der Waals surface area contributed by atoms with Crippen molar-refractivity contribution in [3.8, 4) is 11.4 Å². The van der Waals surface area contributed by atoms with Crippen molar-refractivity contribution in [2.24, 2.45) is 11.8 Å². The number of cyclic esters (lactones) is 1. The van der Waals surface area contributed by atoms with Gasteiger partial charge in [0.15, 0.2) is 11.4 Å². The number of nitrogens with one attached hydrogen (secondary N) is 2. The number of esters is 1. The number of carbonyl (C=O) groups is 8. The number of aliphatic hydroxyl groups is 6. The SMILES string of the molecule is CC[C@@]1(O)C(=O)OCc2c1cc1n(c2=O)Cc2c-1nc1cc(F)c(C)cc1c2CCCCOCNC(=O)[C@H](C)CC(=O)[C@H](C)NC(=O)[C@H](CCC(=O)N(C)C[C@H](O)[C@@H](O)[C@H](O)[C@H](O)CO)CC(=O)CCN1C(=O)C=CC1=O. The number of unbranched alkanes of at least 4 members (excludes halogenated alkanes) is 1. The van der Waals surface area contributed by atoms with Gasteiger partial charge < -0.3 is 60.2 Å². The molecule has 5 amide bonds. The maximum atomic E-state index is 14.9. The molecule has 8 N–H and O–H groups in total. The molecular formula is C53H67FN6O17. The predicted octanol–water partition coefficient (Wildman–Crippen LogP) is -0.395. The number of amides is 5. The topological polar surface area (TPSA) is 342 Å². The van der Waals surface area contributed by atoms with Gasteiger partial charge in [-0.05, 0) is 69.2 Å². The van der Waals surface area contributed by atoms with Gasteiger partial charge in [0.25, 0.3) is 17.4 Å². The number of nitrogens with zero attached hydrogens (tertiary/aromatic N) is 4. The standard InChI is InChI=1S/C53H67FN6O17/c1-6-53(75)36-20-39-46-34(22-60(39)51(73)35(36)25-77-52(53)74)32(33-17-27(2)37(54)21-38(33)57-46)9-7-8-16-76-26-55-49(71)28(3)18-40(63)29(4)56-50(72)30(19-31(62)14-15-59-44(67)12-13-45(59)68)10-11-43(66)58(5)23-41(64)47(69)48(70)42(65)24-61/h12-13,17,20-21,28-30,41-42,47-48,61,64-65,69-70,75H,6-11,14-16,18-19,22-26H2,1-5H3,(H,55,71)(H,56,72)/t28-,29+,30-,41+,42-,47-,48-,53+/m1/s1. The van der Waals surface area contributed by atoms with Crippen LogP contribution in [0.25, 0.3) is 22.3 Å². The van der Waals surface area contributed by atoms with Crippen LogP contribution in [-0.4, -0.2) is 168 Å². The monoisotopic (exact) mass is 1080 g/mol. The first-order valence-corrected chi connectivity index (χ1v) is 25.5. The van der Waals surface area contributed by atoms with Crippen LogP contribution < -0.4 is 16.2 Å². The van der Waals surface area contributed by atoms with Crippen LogP contribution in [0.5, 0.6) is 0 Å². The van der Waals surface area contributed by atoms with Gasteiger partial charge in [0.2, 0.25) is 17.7 Å². The van der Waals surface area contributed by atoms with Crippen LogP contribution in [0.3, 0.4) is 0 Å². The zero-order valence-electron chi connectivity index (χ0n) is 43.6. The molecule has 8 atom stereocenters. The van der Waals surface area contributed by atoms with Crippen LogP contribution >= 0.6 is 0 Å². The number of fused-ring (bicyclic) bond motifs is 5. The first-order chi connectivity index (χ1) is 36.4. The minimum atomic E-state index is -2.01. The van der Waals surface area contributed by atoms with Crippen LogP contribution in [0.2, 0.25) is 0 Å². The van der Waals surface area contributed by atoms with E-state index in [-0.39, 0.29) is 76.3 Å². The number of aliphatic hydroxyl groups excluding tert-OH is 5. The molecule has 3 aliphatic rings. The minimum Gasteiger partial charge on any atom is -0.458 e. The first kappa shape index (κ1) is 59.6.